The Bertz CT molecular complexity index is 650. The summed E-state index contributed by atoms with van der Waals surface area (Å²) in [5.74, 6) is 0. The first-order valence-electron chi connectivity index (χ1n) is 8.26. The zero-order chi connectivity index (χ0) is 17.2. The highest BCUT2D eigenvalue weighted by Gasteiger charge is 2.32. The summed E-state index contributed by atoms with van der Waals surface area (Å²) in [7, 11) is -3.67. The van der Waals surface area contributed by atoms with Crippen LogP contribution < -0.4 is 0 Å². The van der Waals surface area contributed by atoms with Gasteiger partial charge in [0.05, 0.1) is 16.1 Å². The molecule has 0 radical (unpaired) electrons. The molecule has 0 saturated carbocycles. The van der Waals surface area contributed by atoms with Crippen LogP contribution in [0.15, 0.2) is 23.1 Å². The number of rotatable bonds is 4. The van der Waals surface area contributed by atoms with E-state index in [9.17, 15) is 8.42 Å². The van der Waals surface area contributed by atoms with Crippen LogP contribution in [-0.4, -0.2) is 63.1 Å². The summed E-state index contributed by atoms with van der Waals surface area (Å²) in [6.45, 7) is 3.99. The van der Waals surface area contributed by atoms with Crippen LogP contribution in [0.25, 0.3) is 0 Å². The lowest BCUT2D eigenvalue weighted by atomic mass is 10.1. The van der Waals surface area contributed by atoms with Gasteiger partial charge in [0.15, 0.2) is 0 Å². The largest absolute Gasteiger partial charge is 0.377 e. The molecule has 2 aliphatic rings. The highest BCUT2D eigenvalue weighted by Crippen LogP contribution is 2.31. The highest BCUT2D eigenvalue weighted by molar-refractivity contribution is 7.89. The van der Waals surface area contributed by atoms with E-state index < -0.39 is 10.0 Å². The lowest BCUT2D eigenvalue weighted by Crippen LogP contribution is -2.50. The number of benzene rings is 1. The topological polar surface area (TPSA) is 49.9 Å². The fourth-order valence-electron chi connectivity index (χ4n) is 3.25. The van der Waals surface area contributed by atoms with Crippen molar-refractivity contribution in [2.45, 2.75) is 30.3 Å². The van der Waals surface area contributed by atoms with E-state index in [4.69, 9.17) is 27.9 Å². The van der Waals surface area contributed by atoms with Gasteiger partial charge in [-0.25, -0.2) is 8.42 Å². The van der Waals surface area contributed by atoms with E-state index >= 15 is 0 Å². The zero-order valence-electron chi connectivity index (χ0n) is 13.5. The average Bonchev–Trinajstić information content (AvgIpc) is 2.56. The van der Waals surface area contributed by atoms with Crippen LogP contribution in [0, 0.1) is 0 Å². The van der Waals surface area contributed by atoms with Gasteiger partial charge < -0.3 is 4.74 Å². The van der Waals surface area contributed by atoms with Crippen molar-refractivity contribution in [2.24, 2.45) is 0 Å². The molecule has 0 N–H and O–H groups in total. The van der Waals surface area contributed by atoms with E-state index in [1.54, 1.807) is 18.2 Å². The van der Waals surface area contributed by atoms with Crippen molar-refractivity contribution >= 4 is 33.2 Å². The van der Waals surface area contributed by atoms with Crippen molar-refractivity contribution in [2.75, 3.05) is 39.3 Å². The fourth-order valence-corrected chi connectivity index (χ4v) is 5.76. The van der Waals surface area contributed by atoms with Crippen molar-refractivity contribution in [1.29, 1.82) is 0 Å². The van der Waals surface area contributed by atoms with Gasteiger partial charge in [-0.1, -0.05) is 29.3 Å². The molecule has 0 aromatic heterocycles. The van der Waals surface area contributed by atoms with Gasteiger partial charge in [-0.15, -0.1) is 0 Å². The number of hydrogen-bond donors (Lipinski definition) is 0. The summed E-state index contributed by atoms with van der Waals surface area (Å²) < 4.78 is 32.9. The Kier molecular flexibility index (Phi) is 6.06. The molecule has 24 heavy (non-hydrogen) atoms. The number of piperazine rings is 1. The summed E-state index contributed by atoms with van der Waals surface area (Å²) in [6, 6.07) is 4.75. The van der Waals surface area contributed by atoms with Crippen LogP contribution in [0.1, 0.15) is 19.3 Å². The monoisotopic (exact) mass is 392 g/mol. The van der Waals surface area contributed by atoms with Gasteiger partial charge in [0.1, 0.15) is 4.90 Å². The summed E-state index contributed by atoms with van der Waals surface area (Å²) in [4.78, 5) is 2.29. The molecule has 2 fully saturated rings. The molecule has 2 aliphatic heterocycles. The molecule has 2 heterocycles. The SMILES string of the molecule is O=S(=O)(c1c(Cl)cccc1Cl)N1CCN(C[C@@H]2CCCCO2)CC1. The average molecular weight is 393 g/mol. The van der Waals surface area contributed by atoms with Gasteiger partial charge in [-0.05, 0) is 31.4 Å². The normalized spacial score (nSPS) is 24.2. The number of nitrogens with zero attached hydrogens (tertiary/aromatic N) is 2. The Labute approximate surface area is 153 Å². The number of ether oxygens (including phenoxy) is 1. The number of sulfonamides is 1. The molecule has 1 aromatic carbocycles. The van der Waals surface area contributed by atoms with E-state index in [2.05, 4.69) is 4.90 Å². The molecular weight excluding hydrogens is 371 g/mol. The van der Waals surface area contributed by atoms with Crippen LogP contribution in [0.4, 0.5) is 0 Å². The lowest BCUT2D eigenvalue weighted by molar-refractivity contribution is -0.0103. The molecule has 2 saturated heterocycles. The van der Waals surface area contributed by atoms with Crippen molar-refractivity contribution in [3.8, 4) is 0 Å². The van der Waals surface area contributed by atoms with E-state index in [-0.39, 0.29) is 21.0 Å². The second-order valence-corrected chi connectivity index (χ2v) is 8.93. The minimum absolute atomic E-state index is 0.0115. The predicted molar refractivity (Wildman–Crippen MR) is 95.3 cm³/mol. The van der Waals surface area contributed by atoms with Gasteiger partial charge >= 0.3 is 0 Å². The van der Waals surface area contributed by atoms with Crippen molar-refractivity contribution in [1.82, 2.24) is 9.21 Å². The summed E-state index contributed by atoms with van der Waals surface area (Å²) >= 11 is 12.1. The Morgan fingerprint density at radius 1 is 1.08 bits per heavy atom. The fraction of sp³-hybridized carbons (Fsp3) is 0.625. The molecule has 1 atom stereocenters. The third kappa shape index (κ3) is 4.06. The minimum Gasteiger partial charge on any atom is -0.377 e. The molecule has 5 nitrogen and oxygen atoms in total. The van der Waals surface area contributed by atoms with Crippen molar-refractivity contribution < 1.29 is 13.2 Å². The first-order valence-corrected chi connectivity index (χ1v) is 10.5. The van der Waals surface area contributed by atoms with Crippen molar-refractivity contribution in [3.05, 3.63) is 28.2 Å². The highest BCUT2D eigenvalue weighted by atomic mass is 35.5. The molecule has 134 valence electrons. The Morgan fingerprint density at radius 2 is 1.75 bits per heavy atom. The van der Waals surface area contributed by atoms with Crippen LogP contribution >= 0.6 is 23.2 Å². The van der Waals surface area contributed by atoms with E-state index in [1.165, 1.54) is 10.7 Å². The Hall–Kier alpha value is -0.370. The van der Waals surface area contributed by atoms with Crippen LogP contribution in [0.3, 0.4) is 0 Å². The maximum absolute atomic E-state index is 12.8. The number of halogens is 2. The lowest BCUT2D eigenvalue weighted by Gasteiger charge is -2.36. The third-order valence-corrected chi connectivity index (χ3v) is 7.44. The van der Waals surface area contributed by atoms with Crippen LogP contribution in [0.2, 0.25) is 10.0 Å². The summed E-state index contributed by atoms with van der Waals surface area (Å²) in [5, 5.41) is 0.334. The van der Waals surface area contributed by atoms with Gasteiger partial charge in [-0.3, -0.25) is 4.90 Å². The quantitative estimate of drug-likeness (QED) is 0.790. The van der Waals surface area contributed by atoms with Crippen molar-refractivity contribution in [3.63, 3.8) is 0 Å². The predicted octanol–water partition coefficient (Wildman–Crippen LogP) is 2.87. The molecule has 0 spiro atoms. The number of hydrogen-bond acceptors (Lipinski definition) is 4. The zero-order valence-corrected chi connectivity index (χ0v) is 15.8. The molecule has 8 heteroatoms. The van der Waals surface area contributed by atoms with E-state index in [0.717, 1.165) is 26.0 Å². The molecular formula is C16H22Cl2N2O3S. The third-order valence-electron chi connectivity index (χ3n) is 4.58. The molecule has 0 bridgehead atoms. The maximum atomic E-state index is 12.8. The second kappa shape index (κ2) is 7.89. The van der Waals surface area contributed by atoms with Gasteiger partial charge in [0.2, 0.25) is 10.0 Å². The maximum Gasteiger partial charge on any atom is 0.246 e. The smallest absolute Gasteiger partial charge is 0.246 e. The summed E-state index contributed by atoms with van der Waals surface area (Å²) in [5.41, 5.74) is 0. The Balaban J connectivity index is 1.63. The summed E-state index contributed by atoms with van der Waals surface area (Å²) in [6.07, 6.45) is 3.72. The molecule has 0 aliphatic carbocycles. The molecule has 1 aromatic rings. The molecule has 0 unspecified atom stereocenters. The van der Waals surface area contributed by atoms with Gasteiger partial charge in [0, 0.05) is 39.3 Å². The minimum atomic E-state index is -3.67. The first-order chi connectivity index (χ1) is 11.5. The van der Waals surface area contributed by atoms with Gasteiger partial charge in [-0.2, -0.15) is 4.31 Å². The molecule has 3 rings (SSSR count). The van der Waals surface area contributed by atoms with E-state index in [1.807, 2.05) is 0 Å². The standard InChI is InChI=1S/C16H22Cl2N2O3S/c17-14-5-3-6-15(18)16(14)24(21,22)20-9-7-19(8-10-20)12-13-4-1-2-11-23-13/h3,5-6,13H,1-2,4,7-12H2/t13-/m0/s1. The van der Waals surface area contributed by atoms with Crippen LogP contribution in [-0.2, 0) is 14.8 Å². The molecule has 0 amide bonds. The Morgan fingerprint density at radius 3 is 2.33 bits per heavy atom. The van der Waals surface area contributed by atoms with Gasteiger partial charge in [0.25, 0.3) is 0 Å². The van der Waals surface area contributed by atoms with Crippen LogP contribution in [0.5, 0.6) is 0 Å². The van der Waals surface area contributed by atoms with E-state index in [0.29, 0.717) is 26.2 Å². The second-order valence-electron chi connectivity index (χ2n) is 6.24. The first kappa shape index (κ1) is 18.4.